The highest BCUT2D eigenvalue weighted by atomic mass is 79.9. The predicted octanol–water partition coefficient (Wildman–Crippen LogP) is 3.20. The van der Waals surface area contributed by atoms with Crippen molar-refractivity contribution in [3.8, 4) is 0 Å². The topological polar surface area (TPSA) is 55.4 Å². The largest absolute Gasteiger partial charge is 0.381 e. The molecule has 0 unspecified atom stereocenters. The highest BCUT2D eigenvalue weighted by molar-refractivity contribution is 9.10. The molecule has 0 spiro atoms. The maximum Gasteiger partial charge on any atom is 0.240 e. The normalized spacial score (nSPS) is 15.5. The minimum absolute atomic E-state index is 0.202. The van der Waals surface area contributed by atoms with Crippen LogP contribution in [0.25, 0.3) is 0 Å². The van der Waals surface area contributed by atoms with Gasteiger partial charge in [0.05, 0.1) is 9.92 Å². The van der Waals surface area contributed by atoms with E-state index in [1.807, 2.05) is 0 Å². The van der Waals surface area contributed by atoms with Gasteiger partial charge in [-0.25, -0.2) is 13.1 Å². The average Bonchev–Trinajstić information content (AvgIpc) is 3.21. The summed E-state index contributed by atoms with van der Waals surface area (Å²) in [6.45, 7) is 1.76. The first kappa shape index (κ1) is 16.2. The van der Waals surface area contributed by atoms with E-state index in [0.717, 1.165) is 12.5 Å². The molecule has 4 nitrogen and oxygen atoms in total. The van der Waals surface area contributed by atoms with Crippen molar-refractivity contribution in [1.29, 1.82) is 0 Å². The summed E-state index contributed by atoms with van der Waals surface area (Å²) < 4.78 is 32.6. The first-order chi connectivity index (χ1) is 9.49. The Bertz CT molecular complexity index is 561. The Hall–Kier alpha value is -0.140. The second-order valence-electron chi connectivity index (χ2n) is 4.85. The van der Waals surface area contributed by atoms with Gasteiger partial charge < -0.3 is 4.74 Å². The van der Waals surface area contributed by atoms with Crippen LogP contribution in [0.15, 0.2) is 27.6 Å². The lowest BCUT2D eigenvalue weighted by Gasteiger charge is -2.08. The third-order valence-corrected chi connectivity index (χ3v) is 5.68. The van der Waals surface area contributed by atoms with Crippen LogP contribution in [0.2, 0.25) is 5.02 Å². The van der Waals surface area contributed by atoms with Crippen LogP contribution in [0.4, 0.5) is 0 Å². The summed E-state index contributed by atoms with van der Waals surface area (Å²) in [6.07, 6.45) is 3.19. The summed E-state index contributed by atoms with van der Waals surface area (Å²) in [5.74, 6) is 0.734. The summed E-state index contributed by atoms with van der Waals surface area (Å²) >= 11 is 9.06. The summed E-state index contributed by atoms with van der Waals surface area (Å²) in [4.78, 5) is 0.202. The number of halogens is 2. The molecule has 112 valence electrons. The Labute approximate surface area is 133 Å². The molecule has 1 aromatic rings. The maximum absolute atomic E-state index is 12.0. The van der Waals surface area contributed by atoms with E-state index in [4.69, 9.17) is 16.3 Å². The van der Waals surface area contributed by atoms with Gasteiger partial charge in [0.2, 0.25) is 10.0 Å². The highest BCUT2D eigenvalue weighted by Crippen LogP contribution is 2.28. The standard InChI is InChI=1S/C13H17BrClNO3S/c14-12-8-11(4-5-13(12)15)20(17,18)16-6-1-7-19-9-10-2-3-10/h4-5,8,10,16H,1-3,6-7,9H2. The zero-order valence-electron chi connectivity index (χ0n) is 10.9. The van der Waals surface area contributed by atoms with E-state index >= 15 is 0 Å². The molecule has 2 rings (SSSR count). The first-order valence-corrected chi connectivity index (χ1v) is 9.17. The van der Waals surface area contributed by atoms with Crippen molar-refractivity contribution in [2.75, 3.05) is 19.8 Å². The molecule has 1 aliphatic carbocycles. The molecule has 0 amide bonds. The summed E-state index contributed by atoms with van der Waals surface area (Å²) in [6, 6.07) is 4.53. The number of rotatable bonds is 8. The van der Waals surface area contributed by atoms with Crippen LogP contribution >= 0.6 is 27.5 Å². The van der Waals surface area contributed by atoms with Gasteiger partial charge >= 0.3 is 0 Å². The third kappa shape index (κ3) is 5.00. The molecule has 0 bridgehead atoms. The van der Waals surface area contributed by atoms with Crippen LogP contribution in [-0.4, -0.2) is 28.2 Å². The van der Waals surface area contributed by atoms with Gasteiger partial charge in [0, 0.05) is 24.2 Å². The van der Waals surface area contributed by atoms with E-state index < -0.39 is 10.0 Å². The Morgan fingerprint density at radius 2 is 2.15 bits per heavy atom. The van der Waals surface area contributed by atoms with Crippen LogP contribution in [0.3, 0.4) is 0 Å². The molecule has 0 heterocycles. The fourth-order valence-electron chi connectivity index (χ4n) is 1.64. The summed E-state index contributed by atoms with van der Waals surface area (Å²) in [7, 11) is -3.48. The zero-order valence-corrected chi connectivity index (χ0v) is 14.1. The Kier molecular flexibility index (Phi) is 5.86. The van der Waals surface area contributed by atoms with Gasteiger partial charge in [-0.3, -0.25) is 0 Å². The molecule has 0 radical (unpaired) electrons. The maximum atomic E-state index is 12.0. The Morgan fingerprint density at radius 1 is 1.40 bits per heavy atom. The highest BCUT2D eigenvalue weighted by Gasteiger charge is 2.21. The molecule has 0 atom stereocenters. The van der Waals surface area contributed by atoms with Crippen molar-refractivity contribution in [2.45, 2.75) is 24.2 Å². The molecular formula is C13H17BrClNO3S. The van der Waals surface area contributed by atoms with Crippen molar-refractivity contribution in [1.82, 2.24) is 4.72 Å². The van der Waals surface area contributed by atoms with E-state index in [0.29, 0.717) is 29.1 Å². The van der Waals surface area contributed by atoms with Crippen LogP contribution in [0.1, 0.15) is 19.3 Å². The fraction of sp³-hybridized carbons (Fsp3) is 0.538. The van der Waals surface area contributed by atoms with Gasteiger partial charge in [-0.1, -0.05) is 11.6 Å². The smallest absolute Gasteiger partial charge is 0.240 e. The molecule has 1 aromatic carbocycles. The van der Waals surface area contributed by atoms with Crippen LogP contribution in [-0.2, 0) is 14.8 Å². The Balaban J connectivity index is 1.76. The summed E-state index contributed by atoms with van der Waals surface area (Å²) in [5.41, 5.74) is 0. The first-order valence-electron chi connectivity index (χ1n) is 6.51. The predicted molar refractivity (Wildman–Crippen MR) is 82.5 cm³/mol. The lowest BCUT2D eigenvalue weighted by Crippen LogP contribution is -2.25. The van der Waals surface area contributed by atoms with E-state index in [2.05, 4.69) is 20.7 Å². The van der Waals surface area contributed by atoms with Crippen molar-refractivity contribution < 1.29 is 13.2 Å². The van der Waals surface area contributed by atoms with Gasteiger partial charge in [0.25, 0.3) is 0 Å². The van der Waals surface area contributed by atoms with Crippen LogP contribution in [0, 0.1) is 5.92 Å². The number of hydrogen-bond donors (Lipinski definition) is 1. The second-order valence-corrected chi connectivity index (χ2v) is 7.87. The minimum Gasteiger partial charge on any atom is -0.381 e. The molecule has 20 heavy (non-hydrogen) atoms. The molecule has 0 aromatic heterocycles. The zero-order chi connectivity index (χ0) is 14.6. The van der Waals surface area contributed by atoms with E-state index in [1.54, 1.807) is 6.07 Å². The van der Waals surface area contributed by atoms with E-state index in [9.17, 15) is 8.42 Å². The average molecular weight is 383 g/mol. The van der Waals surface area contributed by atoms with E-state index in [1.165, 1.54) is 25.0 Å². The lowest BCUT2D eigenvalue weighted by molar-refractivity contribution is 0.123. The number of sulfonamides is 1. The second kappa shape index (κ2) is 7.22. The SMILES string of the molecule is O=S(=O)(NCCCOCC1CC1)c1ccc(Cl)c(Br)c1. The van der Waals surface area contributed by atoms with Gasteiger partial charge in [-0.15, -0.1) is 0 Å². The van der Waals surface area contributed by atoms with Gasteiger partial charge in [0.1, 0.15) is 0 Å². The molecule has 0 saturated heterocycles. The molecule has 1 aliphatic rings. The quantitative estimate of drug-likeness (QED) is 0.703. The van der Waals surface area contributed by atoms with Gasteiger partial charge in [-0.2, -0.15) is 0 Å². The monoisotopic (exact) mass is 381 g/mol. The Morgan fingerprint density at radius 3 is 2.80 bits per heavy atom. The number of hydrogen-bond acceptors (Lipinski definition) is 3. The molecule has 7 heteroatoms. The molecular weight excluding hydrogens is 366 g/mol. The molecule has 1 saturated carbocycles. The van der Waals surface area contributed by atoms with Crippen molar-refractivity contribution >= 4 is 37.6 Å². The third-order valence-electron chi connectivity index (χ3n) is 3.01. The van der Waals surface area contributed by atoms with E-state index in [-0.39, 0.29) is 4.90 Å². The van der Waals surface area contributed by atoms with Crippen LogP contribution < -0.4 is 4.72 Å². The molecule has 0 aliphatic heterocycles. The number of ether oxygens (including phenoxy) is 1. The van der Waals surface area contributed by atoms with Crippen molar-refractivity contribution in [3.63, 3.8) is 0 Å². The van der Waals surface area contributed by atoms with Crippen molar-refractivity contribution in [2.24, 2.45) is 5.92 Å². The van der Waals surface area contributed by atoms with Gasteiger partial charge in [-0.05, 0) is 59.3 Å². The molecule has 1 N–H and O–H groups in total. The van der Waals surface area contributed by atoms with Crippen molar-refractivity contribution in [3.05, 3.63) is 27.7 Å². The summed E-state index contributed by atoms with van der Waals surface area (Å²) in [5, 5.41) is 0.484. The van der Waals surface area contributed by atoms with Gasteiger partial charge in [0.15, 0.2) is 0 Å². The van der Waals surface area contributed by atoms with Crippen LogP contribution in [0.5, 0.6) is 0 Å². The number of nitrogens with one attached hydrogen (secondary N) is 1. The fourth-order valence-corrected chi connectivity index (χ4v) is 3.39. The lowest BCUT2D eigenvalue weighted by atomic mass is 10.4. The minimum atomic E-state index is -3.48. The number of benzene rings is 1. The molecule has 1 fully saturated rings.